The summed E-state index contributed by atoms with van der Waals surface area (Å²) in [7, 11) is 0. The molecule has 0 amide bonds. The SMILES string of the molecule is Cc1cc(-c2ccc3c(c2)c2cc(-c4cc(C)cc(C(F)(F)F)c4)ccc2n3-c2ccccc2-c2cccc(-c3ccc4c(c3)C(C)(C)c3cc(F)ccc3-4)c2)cc(C(F)(F)F)c1. The molecule has 312 valence electrons. The van der Waals surface area contributed by atoms with Crippen molar-refractivity contribution in [2.45, 2.75) is 45.5 Å². The summed E-state index contributed by atoms with van der Waals surface area (Å²) in [6, 6.07) is 46.8. The largest absolute Gasteiger partial charge is 0.416 e. The van der Waals surface area contributed by atoms with Gasteiger partial charge in [0.15, 0.2) is 0 Å². The van der Waals surface area contributed by atoms with Crippen LogP contribution in [0, 0.1) is 19.7 Å². The lowest BCUT2D eigenvalue weighted by Gasteiger charge is -2.22. The molecule has 0 aliphatic heterocycles. The molecule has 9 aromatic rings. The van der Waals surface area contributed by atoms with Crippen LogP contribution in [0.3, 0.4) is 0 Å². The van der Waals surface area contributed by atoms with Crippen molar-refractivity contribution in [3.63, 3.8) is 0 Å². The maximum absolute atomic E-state index is 14.4. The third kappa shape index (κ3) is 6.89. The summed E-state index contributed by atoms with van der Waals surface area (Å²) in [4.78, 5) is 0. The van der Waals surface area contributed by atoms with E-state index in [1.54, 1.807) is 32.0 Å². The van der Waals surface area contributed by atoms with Gasteiger partial charge in [0.2, 0.25) is 0 Å². The normalized spacial score (nSPS) is 13.4. The predicted molar refractivity (Wildman–Crippen MR) is 240 cm³/mol. The fourth-order valence-electron chi connectivity index (χ4n) is 9.54. The third-order valence-electron chi connectivity index (χ3n) is 12.5. The van der Waals surface area contributed by atoms with Gasteiger partial charge in [-0.1, -0.05) is 92.7 Å². The van der Waals surface area contributed by atoms with Gasteiger partial charge in [-0.15, -0.1) is 0 Å². The number of benzene rings is 8. The van der Waals surface area contributed by atoms with Gasteiger partial charge in [0.25, 0.3) is 0 Å². The van der Waals surface area contributed by atoms with Gasteiger partial charge in [0, 0.05) is 21.8 Å². The van der Waals surface area contributed by atoms with Crippen LogP contribution in [-0.2, 0) is 17.8 Å². The number of nitrogens with zero attached hydrogens (tertiary/aromatic N) is 1. The number of aromatic nitrogens is 1. The topological polar surface area (TPSA) is 4.93 Å². The van der Waals surface area contributed by atoms with E-state index in [1.165, 1.54) is 6.07 Å². The molecular formula is C55H38F7N. The summed E-state index contributed by atoms with van der Waals surface area (Å²) in [5.74, 6) is -0.262. The molecule has 0 fully saturated rings. The summed E-state index contributed by atoms with van der Waals surface area (Å²) in [5, 5.41) is 1.46. The highest BCUT2D eigenvalue weighted by atomic mass is 19.4. The monoisotopic (exact) mass is 845 g/mol. The van der Waals surface area contributed by atoms with Crippen LogP contribution in [0.2, 0.25) is 0 Å². The van der Waals surface area contributed by atoms with Crippen molar-refractivity contribution in [3.8, 4) is 61.3 Å². The average molecular weight is 846 g/mol. The Morgan fingerprint density at radius 2 is 0.905 bits per heavy atom. The van der Waals surface area contributed by atoms with Crippen LogP contribution in [0.4, 0.5) is 30.7 Å². The van der Waals surface area contributed by atoms with Gasteiger partial charge in [-0.3, -0.25) is 0 Å². The first-order valence-corrected chi connectivity index (χ1v) is 20.6. The molecule has 63 heavy (non-hydrogen) atoms. The Morgan fingerprint density at radius 1 is 0.413 bits per heavy atom. The van der Waals surface area contributed by atoms with E-state index in [0.29, 0.717) is 33.4 Å². The van der Waals surface area contributed by atoms with E-state index in [4.69, 9.17) is 0 Å². The van der Waals surface area contributed by atoms with Crippen LogP contribution in [0.25, 0.3) is 83.1 Å². The maximum atomic E-state index is 14.4. The van der Waals surface area contributed by atoms with Crippen molar-refractivity contribution in [1.29, 1.82) is 0 Å². The lowest BCUT2D eigenvalue weighted by molar-refractivity contribution is -0.138. The summed E-state index contributed by atoms with van der Waals surface area (Å²) in [6.45, 7) is 7.49. The molecule has 0 unspecified atom stereocenters. The molecule has 1 aliphatic carbocycles. The molecule has 0 N–H and O–H groups in total. The predicted octanol–water partition coefficient (Wildman–Crippen LogP) is 16.6. The molecule has 0 bridgehead atoms. The van der Waals surface area contributed by atoms with Crippen molar-refractivity contribution in [3.05, 3.63) is 197 Å². The molecule has 0 saturated carbocycles. The Hall–Kier alpha value is -6.93. The number of alkyl halides is 6. The van der Waals surface area contributed by atoms with Crippen molar-refractivity contribution >= 4 is 21.8 Å². The summed E-state index contributed by atoms with van der Waals surface area (Å²) in [6.07, 6.45) is -9.08. The highest BCUT2D eigenvalue weighted by Crippen LogP contribution is 2.50. The van der Waals surface area contributed by atoms with Gasteiger partial charge < -0.3 is 4.57 Å². The Kier molecular flexibility index (Phi) is 9.12. The molecule has 1 nitrogen and oxygen atoms in total. The number of hydrogen-bond donors (Lipinski definition) is 0. The minimum Gasteiger partial charge on any atom is -0.309 e. The number of fused-ring (bicyclic) bond motifs is 6. The lowest BCUT2D eigenvalue weighted by Crippen LogP contribution is -2.15. The van der Waals surface area contributed by atoms with Crippen LogP contribution >= 0.6 is 0 Å². The Balaban J connectivity index is 1.15. The molecule has 0 radical (unpaired) electrons. The van der Waals surface area contributed by atoms with E-state index >= 15 is 0 Å². The Morgan fingerprint density at radius 3 is 1.49 bits per heavy atom. The summed E-state index contributed by atoms with van der Waals surface area (Å²) >= 11 is 0. The molecule has 10 rings (SSSR count). The van der Waals surface area contributed by atoms with Gasteiger partial charge in [-0.2, -0.15) is 26.3 Å². The molecule has 0 atom stereocenters. The van der Waals surface area contributed by atoms with Crippen LogP contribution in [0.15, 0.2) is 158 Å². The van der Waals surface area contributed by atoms with E-state index in [0.717, 1.165) is 96.3 Å². The van der Waals surface area contributed by atoms with Crippen molar-refractivity contribution in [1.82, 2.24) is 4.57 Å². The van der Waals surface area contributed by atoms with Crippen molar-refractivity contribution < 1.29 is 30.7 Å². The zero-order chi connectivity index (χ0) is 44.2. The number of halogens is 7. The van der Waals surface area contributed by atoms with Gasteiger partial charge in [0.1, 0.15) is 5.82 Å². The van der Waals surface area contributed by atoms with Crippen LogP contribution < -0.4 is 0 Å². The van der Waals surface area contributed by atoms with E-state index in [9.17, 15) is 30.7 Å². The smallest absolute Gasteiger partial charge is 0.309 e. The molecule has 8 heteroatoms. The average Bonchev–Trinajstić information content (AvgIpc) is 3.69. The second-order valence-corrected chi connectivity index (χ2v) is 17.1. The minimum atomic E-state index is -4.54. The van der Waals surface area contributed by atoms with Gasteiger partial charge >= 0.3 is 12.4 Å². The molecule has 1 heterocycles. The van der Waals surface area contributed by atoms with Crippen LogP contribution in [-0.4, -0.2) is 4.57 Å². The molecule has 0 spiro atoms. The lowest BCUT2D eigenvalue weighted by atomic mass is 9.81. The number of aryl methyl sites for hydroxylation is 2. The molecular weight excluding hydrogens is 808 g/mol. The quantitative estimate of drug-likeness (QED) is 0.152. The van der Waals surface area contributed by atoms with Crippen molar-refractivity contribution in [2.75, 3.05) is 0 Å². The highest BCUT2D eigenvalue weighted by molar-refractivity contribution is 6.12. The van der Waals surface area contributed by atoms with E-state index in [-0.39, 0.29) is 5.82 Å². The number of para-hydroxylation sites is 1. The third-order valence-corrected chi connectivity index (χ3v) is 12.5. The maximum Gasteiger partial charge on any atom is 0.416 e. The summed E-state index contributed by atoms with van der Waals surface area (Å²) < 4.78 is 101. The zero-order valence-corrected chi connectivity index (χ0v) is 34.6. The van der Waals surface area contributed by atoms with Gasteiger partial charge in [0.05, 0.1) is 27.8 Å². The van der Waals surface area contributed by atoms with Gasteiger partial charge in [-0.25, -0.2) is 4.39 Å². The highest BCUT2D eigenvalue weighted by Gasteiger charge is 2.36. The summed E-state index contributed by atoms with van der Waals surface area (Å²) in [5.41, 5.74) is 11.4. The fourth-order valence-corrected chi connectivity index (χ4v) is 9.54. The fraction of sp³-hybridized carbons (Fsp3) is 0.127. The molecule has 1 aliphatic rings. The molecule has 1 aromatic heterocycles. The Labute approximate surface area is 359 Å². The zero-order valence-electron chi connectivity index (χ0n) is 34.6. The Bertz CT molecular complexity index is 3210. The first-order valence-electron chi connectivity index (χ1n) is 20.6. The minimum absolute atomic E-state index is 0.262. The second kappa shape index (κ2) is 14.3. The molecule has 0 saturated heterocycles. The van der Waals surface area contributed by atoms with Gasteiger partial charge in [-0.05, 0) is 165 Å². The van der Waals surface area contributed by atoms with E-state index in [1.807, 2.05) is 78.9 Å². The number of hydrogen-bond acceptors (Lipinski definition) is 0. The van der Waals surface area contributed by atoms with Crippen LogP contribution in [0.5, 0.6) is 0 Å². The second-order valence-electron chi connectivity index (χ2n) is 17.1. The first kappa shape index (κ1) is 40.2. The van der Waals surface area contributed by atoms with Crippen molar-refractivity contribution in [2.24, 2.45) is 0 Å². The first-order chi connectivity index (χ1) is 29.9. The standard InChI is InChI=1S/C55H38F7N/c1-31-20-38(25-40(22-31)54(57,58)59)34-13-18-51-46(27-34)47-28-35(39-21-32(2)23-41(26-39)55(60,61)62)14-19-52(47)63(51)50-11-6-5-10-43(50)37-9-7-8-33(24-37)36-12-16-44-45-17-15-42(56)30-49(45)53(3,4)48(44)29-36/h5-30H,1-4H3. The van der Waals surface area contributed by atoms with E-state index in [2.05, 4.69) is 48.7 Å². The van der Waals surface area contributed by atoms with Crippen LogP contribution in [0.1, 0.15) is 47.2 Å². The molecule has 8 aromatic carbocycles. The number of rotatable bonds is 5. The van der Waals surface area contributed by atoms with E-state index < -0.39 is 28.9 Å².